The van der Waals surface area contributed by atoms with Crippen LogP contribution in [0, 0.1) is 10.8 Å². The summed E-state index contributed by atoms with van der Waals surface area (Å²) in [5.74, 6) is 1.81. The van der Waals surface area contributed by atoms with Crippen molar-refractivity contribution in [2.24, 2.45) is 0 Å². The van der Waals surface area contributed by atoms with Crippen LogP contribution in [-0.4, -0.2) is 38.6 Å². The Morgan fingerprint density at radius 2 is 1.23 bits per heavy atom. The van der Waals surface area contributed by atoms with Gasteiger partial charge in [0.25, 0.3) is 0 Å². The number of hydrogen-bond acceptors (Lipinski definition) is 7. The fraction of sp³-hybridized carbons (Fsp3) is 0.714. The number of hydrogen-bond donors (Lipinski definition) is 2. The molecule has 0 atom stereocenters. The molecule has 0 aromatic rings. The van der Waals surface area contributed by atoms with Crippen LogP contribution in [0.1, 0.15) is 51.4 Å². The lowest BCUT2D eigenvalue weighted by Gasteiger charge is -2.04. The zero-order valence-corrected chi connectivity index (χ0v) is 15.1. The van der Waals surface area contributed by atoms with Gasteiger partial charge in [-0.25, -0.2) is 0 Å². The molecule has 0 amide bonds. The van der Waals surface area contributed by atoms with E-state index in [4.69, 9.17) is 20.3 Å². The second-order valence-corrected chi connectivity index (χ2v) is 6.82. The lowest BCUT2D eigenvalue weighted by Crippen LogP contribution is -2.05. The Morgan fingerprint density at radius 3 is 1.59 bits per heavy atom. The van der Waals surface area contributed by atoms with E-state index in [1.165, 1.54) is 0 Å². The average molecular weight is 365 g/mol. The molecule has 2 N–H and O–H groups in total. The molecule has 0 spiro atoms. The van der Waals surface area contributed by atoms with Gasteiger partial charge in [-0.3, -0.25) is 15.0 Å². The predicted molar refractivity (Wildman–Crippen MR) is 99.7 cm³/mol. The number of thiocarbonyl (C=S) groups is 2. The third-order valence-electron chi connectivity index (χ3n) is 2.93. The predicted octanol–water partition coefficient (Wildman–Crippen LogP) is 3.76. The van der Waals surface area contributed by atoms with Crippen molar-refractivity contribution in [2.45, 2.75) is 51.4 Å². The van der Waals surface area contributed by atoms with Crippen molar-refractivity contribution in [3.05, 3.63) is 0 Å². The molecule has 5 nitrogen and oxygen atoms in total. The van der Waals surface area contributed by atoms with Crippen LogP contribution in [0.25, 0.3) is 0 Å². The van der Waals surface area contributed by atoms with Crippen LogP contribution in [-0.2, 0) is 20.3 Å². The third-order valence-corrected chi connectivity index (χ3v) is 4.61. The average Bonchev–Trinajstić information content (AvgIpc) is 2.47. The van der Waals surface area contributed by atoms with E-state index < -0.39 is 10.8 Å². The van der Waals surface area contributed by atoms with E-state index in [9.17, 15) is 4.21 Å². The van der Waals surface area contributed by atoms with Gasteiger partial charge in [0.05, 0.1) is 0 Å². The van der Waals surface area contributed by atoms with Crippen molar-refractivity contribution in [1.29, 1.82) is 10.8 Å². The smallest absolute Gasteiger partial charge is 0.187 e. The van der Waals surface area contributed by atoms with Crippen molar-refractivity contribution in [3.63, 3.8) is 0 Å². The molecule has 0 aromatic carbocycles. The second kappa shape index (κ2) is 15.2. The van der Waals surface area contributed by atoms with Gasteiger partial charge in [-0.05, 0) is 50.1 Å². The molecule has 0 saturated heterocycles. The van der Waals surface area contributed by atoms with Crippen LogP contribution in [0.15, 0.2) is 0 Å². The number of ether oxygens (including phenoxy) is 2. The highest BCUT2D eigenvalue weighted by Gasteiger charge is 2.02. The van der Waals surface area contributed by atoms with Gasteiger partial charge >= 0.3 is 0 Å². The highest BCUT2D eigenvalue weighted by molar-refractivity contribution is 7.84. The van der Waals surface area contributed by atoms with Crippen LogP contribution in [0.2, 0.25) is 0 Å². The van der Waals surface area contributed by atoms with E-state index >= 15 is 0 Å². The number of unbranched alkanes of at least 4 members (excludes halogenated alkanes) is 4. The van der Waals surface area contributed by atoms with E-state index in [1.807, 2.05) is 0 Å². The highest BCUT2D eigenvalue weighted by Crippen LogP contribution is 2.06. The standard InChI is InChI=1S/C14H24N2O3S3/c15-13(18-11-20)7-3-1-5-9-22(17)10-6-2-4-8-14(16)19-12-21/h11-12,15-16H,1-10H2. The molecule has 0 unspecified atom stereocenters. The summed E-state index contributed by atoms with van der Waals surface area (Å²) in [6.07, 6.45) is 6.59. The van der Waals surface area contributed by atoms with E-state index in [1.54, 1.807) is 0 Å². The molecule has 0 aliphatic rings. The van der Waals surface area contributed by atoms with Crippen LogP contribution in [0.5, 0.6) is 0 Å². The van der Waals surface area contributed by atoms with Crippen molar-refractivity contribution in [2.75, 3.05) is 11.5 Å². The van der Waals surface area contributed by atoms with Crippen molar-refractivity contribution < 1.29 is 13.7 Å². The molecule has 126 valence electrons. The van der Waals surface area contributed by atoms with Crippen LogP contribution in [0.3, 0.4) is 0 Å². The van der Waals surface area contributed by atoms with Crippen molar-refractivity contribution >= 4 is 58.1 Å². The molecule has 0 bridgehead atoms. The molecule has 0 aromatic heterocycles. The van der Waals surface area contributed by atoms with E-state index in [0.29, 0.717) is 24.3 Å². The lowest BCUT2D eigenvalue weighted by atomic mass is 10.2. The minimum atomic E-state index is -0.771. The van der Waals surface area contributed by atoms with Gasteiger partial charge in [0.1, 0.15) is 0 Å². The molecule has 0 saturated carbocycles. The van der Waals surface area contributed by atoms with E-state index in [0.717, 1.165) is 49.6 Å². The Bertz CT molecular complexity index is 356. The number of nitrogens with one attached hydrogen (secondary N) is 2. The van der Waals surface area contributed by atoms with Crippen molar-refractivity contribution in [1.82, 2.24) is 0 Å². The Balaban J connectivity index is 3.39. The van der Waals surface area contributed by atoms with Gasteiger partial charge in [-0.1, -0.05) is 12.8 Å². The molecule has 8 heteroatoms. The second-order valence-electron chi connectivity index (χ2n) is 4.74. The molecule has 0 radical (unpaired) electrons. The Kier molecular flexibility index (Phi) is 14.7. The minimum Gasteiger partial charge on any atom is -0.440 e. The minimum absolute atomic E-state index is 0.194. The maximum atomic E-state index is 11.8. The van der Waals surface area contributed by atoms with Crippen molar-refractivity contribution in [3.8, 4) is 0 Å². The SMILES string of the molecule is N=C(CCCCCS(=O)CCCCCC(=N)OC=S)OC=S. The molecule has 0 rings (SSSR count). The van der Waals surface area contributed by atoms with Gasteiger partial charge in [0.15, 0.2) is 22.9 Å². The fourth-order valence-electron chi connectivity index (χ4n) is 1.79. The van der Waals surface area contributed by atoms with Gasteiger partial charge < -0.3 is 9.47 Å². The molecule has 0 aliphatic heterocycles. The number of rotatable bonds is 14. The summed E-state index contributed by atoms with van der Waals surface area (Å²) in [5.41, 5.74) is 2.20. The first-order valence-electron chi connectivity index (χ1n) is 7.30. The Labute approximate surface area is 145 Å². The molecule has 0 heterocycles. The topological polar surface area (TPSA) is 83.2 Å². The zero-order valence-electron chi connectivity index (χ0n) is 12.7. The molecular formula is C14H24N2O3S3. The van der Waals surface area contributed by atoms with Gasteiger partial charge in [-0.2, -0.15) is 0 Å². The highest BCUT2D eigenvalue weighted by atomic mass is 32.2. The van der Waals surface area contributed by atoms with E-state index in [-0.39, 0.29) is 11.8 Å². The molecule has 0 fully saturated rings. The summed E-state index contributed by atoms with van der Waals surface area (Å²) in [4.78, 5) is 0. The Morgan fingerprint density at radius 1 is 0.818 bits per heavy atom. The molecular weight excluding hydrogens is 340 g/mol. The van der Waals surface area contributed by atoms with Crippen LogP contribution >= 0.6 is 24.4 Å². The first-order valence-corrected chi connectivity index (χ1v) is 9.73. The maximum absolute atomic E-state index is 11.8. The van der Waals surface area contributed by atoms with Gasteiger partial charge in [-0.15, -0.1) is 0 Å². The normalized spacial score (nSPS) is 11.5. The van der Waals surface area contributed by atoms with E-state index in [2.05, 4.69) is 24.4 Å². The summed E-state index contributed by atoms with van der Waals surface area (Å²) in [6, 6.07) is 0. The third kappa shape index (κ3) is 14.2. The summed E-state index contributed by atoms with van der Waals surface area (Å²) >= 11 is 8.99. The molecule has 22 heavy (non-hydrogen) atoms. The summed E-state index contributed by atoms with van der Waals surface area (Å²) in [5, 5.41) is 14.8. The Hall–Kier alpha value is -0.730. The maximum Gasteiger partial charge on any atom is 0.187 e. The lowest BCUT2D eigenvalue weighted by molar-refractivity contribution is 0.541. The monoisotopic (exact) mass is 364 g/mol. The van der Waals surface area contributed by atoms with Gasteiger partial charge in [0, 0.05) is 35.1 Å². The summed E-state index contributed by atoms with van der Waals surface area (Å²) in [6.45, 7) is 0. The quantitative estimate of drug-likeness (QED) is 0.212. The van der Waals surface area contributed by atoms with Crippen LogP contribution in [0.4, 0.5) is 0 Å². The zero-order chi connectivity index (χ0) is 16.6. The van der Waals surface area contributed by atoms with Crippen LogP contribution < -0.4 is 0 Å². The first kappa shape index (κ1) is 21.3. The van der Waals surface area contributed by atoms with Gasteiger partial charge in [0.2, 0.25) is 0 Å². The largest absolute Gasteiger partial charge is 0.440 e. The summed E-state index contributed by atoms with van der Waals surface area (Å²) < 4.78 is 21.3. The first-order chi connectivity index (χ1) is 10.6. The molecule has 0 aliphatic carbocycles. The fourth-order valence-corrected chi connectivity index (χ4v) is 3.28. The summed E-state index contributed by atoms with van der Waals surface area (Å²) in [7, 11) is -0.771.